The van der Waals surface area contributed by atoms with Crippen LogP contribution < -0.4 is 38.4 Å². The highest BCUT2D eigenvalue weighted by Gasteiger charge is 2.43. The van der Waals surface area contributed by atoms with Crippen molar-refractivity contribution in [1.82, 2.24) is 19.9 Å². The van der Waals surface area contributed by atoms with E-state index < -0.39 is 77.5 Å². The summed E-state index contributed by atoms with van der Waals surface area (Å²) in [6.45, 7) is 2.98. The fourth-order valence-corrected chi connectivity index (χ4v) is 10.3. The molecule has 9 rings (SSSR count). The number of nitrogens with zero attached hydrogens (tertiary/aromatic N) is 7. The average molecular weight is 1110 g/mol. The van der Waals surface area contributed by atoms with Gasteiger partial charge in [-0.2, -0.15) is 13.2 Å². The number of aromatic nitrogens is 4. The Morgan fingerprint density at radius 3 is 1.63 bits per heavy atom. The van der Waals surface area contributed by atoms with Gasteiger partial charge >= 0.3 is 6.18 Å². The van der Waals surface area contributed by atoms with E-state index in [1.54, 1.807) is 79.9 Å². The molecular weight excluding hydrogens is 1060 g/mol. The standard InChI is InChI=1S/C57H53ClF5N7O7S/c1-33-46(57(61,62)63)44(49(60)52(48(33)59)68(29-35-10-18-39(73-3)19-11-35)30-36-12-20-40(74-4)21-13-36)50-47(58)51-45-54(67-56(66-51)78(7,71)72)70(27-28-77-55(45)65-50)34(2)43-9-8-26-64-53(43)69(31-37-14-22-41(75-5)23-15-37)32-38-16-24-42(76-6)25-17-38/h8-26,34H,27-32H2,1-7H3/t34-/m1/s1. The first-order valence-corrected chi connectivity index (χ1v) is 26.6. The maximum Gasteiger partial charge on any atom is 0.417 e. The van der Waals surface area contributed by atoms with Crippen LogP contribution in [0.25, 0.3) is 22.2 Å². The van der Waals surface area contributed by atoms with Crippen molar-refractivity contribution >= 4 is 49.7 Å². The third kappa shape index (κ3) is 11.2. The van der Waals surface area contributed by atoms with E-state index in [0.29, 0.717) is 58.6 Å². The van der Waals surface area contributed by atoms with Crippen LogP contribution in [-0.4, -0.2) is 76.2 Å². The molecule has 14 nitrogen and oxygen atoms in total. The van der Waals surface area contributed by atoms with Gasteiger partial charge in [0.1, 0.15) is 57.8 Å². The molecule has 3 aromatic heterocycles. The van der Waals surface area contributed by atoms with Gasteiger partial charge in [0.2, 0.25) is 20.9 Å². The molecule has 0 amide bonds. The molecule has 0 fully saturated rings. The van der Waals surface area contributed by atoms with Crippen molar-refractivity contribution < 1.29 is 54.1 Å². The fourth-order valence-electron chi connectivity index (χ4n) is 9.52. The summed E-state index contributed by atoms with van der Waals surface area (Å²) >= 11 is 7.20. The zero-order chi connectivity index (χ0) is 55.6. The molecule has 8 aromatic rings. The molecule has 21 heteroatoms. The van der Waals surface area contributed by atoms with E-state index >= 15 is 22.0 Å². The third-order valence-corrected chi connectivity index (χ3v) is 14.7. The van der Waals surface area contributed by atoms with Gasteiger partial charge in [-0.05, 0) is 96.3 Å². The molecule has 0 saturated carbocycles. The van der Waals surface area contributed by atoms with Crippen LogP contribution >= 0.6 is 11.6 Å². The van der Waals surface area contributed by atoms with Gasteiger partial charge in [-0.1, -0.05) is 66.2 Å². The highest BCUT2D eigenvalue weighted by Crippen LogP contribution is 2.50. The highest BCUT2D eigenvalue weighted by molar-refractivity contribution is 7.90. The number of ether oxygens (including phenoxy) is 5. The smallest absolute Gasteiger partial charge is 0.417 e. The first-order chi connectivity index (χ1) is 37.3. The largest absolute Gasteiger partial charge is 0.497 e. The first kappa shape index (κ1) is 54.8. The molecule has 0 N–H and O–H groups in total. The van der Waals surface area contributed by atoms with Crippen LogP contribution in [0.1, 0.15) is 51.9 Å². The molecule has 406 valence electrons. The molecule has 0 radical (unpaired) electrons. The average Bonchev–Trinajstić information content (AvgIpc) is 3.81. The Bertz CT molecular complexity index is 3500. The van der Waals surface area contributed by atoms with Crippen LogP contribution in [0.2, 0.25) is 5.02 Å². The van der Waals surface area contributed by atoms with Gasteiger partial charge < -0.3 is 38.4 Å². The van der Waals surface area contributed by atoms with Gasteiger partial charge in [-0.3, -0.25) is 0 Å². The second-order valence-electron chi connectivity index (χ2n) is 18.5. The van der Waals surface area contributed by atoms with Crippen LogP contribution in [-0.2, 0) is 42.2 Å². The molecule has 0 spiro atoms. The molecule has 1 aliphatic heterocycles. The van der Waals surface area contributed by atoms with Crippen molar-refractivity contribution in [1.29, 1.82) is 0 Å². The molecule has 0 bridgehead atoms. The van der Waals surface area contributed by atoms with Crippen molar-refractivity contribution in [2.75, 3.05) is 62.5 Å². The normalized spacial score (nSPS) is 12.9. The monoisotopic (exact) mass is 1110 g/mol. The second kappa shape index (κ2) is 22.5. The Morgan fingerprint density at radius 2 is 1.18 bits per heavy atom. The second-order valence-corrected chi connectivity index (χ2v) is 20.8. The van der Waals surface area contributed by atoms with Crippen LogP contribution in [0.5, 0.6) is 28.9 Å². The lowest BCUT2D eigenvalue weighted by Crippen LogP contribution is -2.33. The van der Waals surface area contributed by atoms with Crippen molar-refractivity contribution in [3.05, 3.63) is 171 Å². The lowest BCUT2D eigenvalue weighted by atomic mass is 9.94. The summed E-state index contributed by atoms with van der Waals surface area (Å²) in [5.41, 5.74) is -2.27. The minimum absolute atomic E-state index is 0.0126. The number of benzene rings is 5. The molecule has 4 heterocycles. The van der Waals surface area contributed by atoms with Gasteiger partial charge in [-0.25, -0.2) is 37.1 Å². The zero-order valence-electron chi connectivity index (χ0n) is 43.5. The van der Waals surface area contributed by atoms with Gasteiger partial charge in [0, 0.05) is 44.2 Å². The zero-order valence-corrected chi connectivity index (χ0v) is 45.0. The number of rotatable bonds is 18. The summed E-state index contributed by atoms with van der Waals surface area (Å²) in [5.74, 6) is -0.603. The van der Waals surface area contributed by atoms with Gasteiger partial charge in [0.25, 0.3) is 0 Å². The van der Waals surface area contributed by atoms with Crippen LogP contribution in [0.4, 0.5) is 39.3 Å². The fraction of sp³-hybridized carbons (Fsp3) is 0.263. The topological polar surface area (TPSA) is 142 Å². The molecule has 0 unspecified atom stereocenters. The summed E-state index contributed by atoms with van der Waals surface area (Å²) in [6, 6.07) is 31.4. The van der Waals surface area contributed by atoms with Crippen molar-refractivity contribution in [2.45, 2.75) is 57.4 Å². The Kier molecular flexibility index (Phi) is 15.8. The lowest BCUT2D eigenvalue weighted by Gasteiger charge is -2.33. The summed E-state index contributed by atoms with van der Waals surface area (Å²) < 4.78 is 137. The number of pyridine rings is 2. The van der Waals surface area contributed by atoms with Gasteiger partial charge in [0.05, 0.1) is 62.9 Å². The molecule has 0 saturated heterocycles. The van der Waals surface area contributed by atoms with Gasteiger partial charge in [-0.15, -0.1) is 0 Å². The Balaban J connectivity index is 1.22. The number of hydrogen-bond donors (Lipinski definition) is 0. The molecular formula is C57H53ClF5N7O7S. The van der Waals surface area contributed by atoms with E-state index in [9.17, 15) is 8.42 Å². The van der Waals surface area contributed by atoms with Gasteiger partial charge in [0.15, 0.2) is 11.6 Å². The lowest BCUT2D eigenvalue weighted by molar-refractivity contribution is -0.137. The summed E-state index contributed by atoms with van der Waals surface area (Å²) in [5, 5.41) is -1.47. The number of sulfone groups is 1. The predicted octanol–water partition coefficient (Wildman–Crippen LogP) is 12.2. The minimum atomic E-state index is -5.39. The van der Waals surface area contributed by atoms with Crippen LogP contribution in [0.3, 0.4) is 0 Å². The summed E-state index contributed by atoms with van der Waals surface area (Å²) in [4.78, 5) is 23.5. The molecule has 1 atom stereocenters. The van der Waals surface area contributed by atoms with E-state index in [-0.39, 0.29) is 43.3 Å². The summed E-state index contributed by atoms with van der Waals surface area (Å²) in [7, 11) is 1.82. The number of methoxy groups -OCH3 is 4. The number of anilines is 3. The van der Waals surface area contributed by atoms with Crippen molar-refractivity contribution in [3.63, 3.8) is 0 Å². The number of alkyl halides is 3. The van der Waals surface area contributed by atoms with E-state index in [2.05, 4.69) is 19.9 Å². The predicted molar refractivity (Wildman–Crippen MR) is 288 cm³/mol. The highest BCUT2D eigenvalue weighted by atomic mass is 35.5. The van der Waals surface area contributed by atoms with Crippen molar-refractivity contribution in [3.8, 4) is 40.1 Å². The molecule has 5 aromatic carbocycles. The molecule has 78 heavy (non-hydrogen) atoms. The Morgan fingerprint density at radius 1 is 0.705 bits per heavy atom. The first-order valence-electron chi connectivity index (χ1n) is 24.4. The van der Waals surface area contributed by atoms with E-state index in [1.807, 2.05) is 61.5 Å². The molecule has 0 aliphatic carbocycles. The van der Waals surface area contributed by atoms with Crippen LogP contribution in [0.15, 0.2) is 121 Å². The number of hydrogen-bond acceptors (Lipinski definition) is 14. The Hall–Kier alpha value is -7.97. The Labute approximate surface area is 452 Å². The maximum absolute atomic E-state index is 18.0. The maximum atomic E-state index is 18.0. The van der Waals surface area contributed by atoms with E-state index in [0.717, 1.165) is 24.3 Å². The van der Waals surface area contributed by atoms with Crippen molar-refractivity contribution in [2.24, 2.45) is 0 Å². The van der Waals surface area contributed by atoms with E-state index in [4.69, 9.17) is 40.3 Å². The summed E-state index contributed by atoms with van der Waals surface area (Å²) in [6.07, 6.45) is -2.86. The SMILES string of the molecule is COc1ccc(CN(Cc2ccc(OC)cc2)c2ncccc2[C@@H](C)N2CCOc3nc(-c4c(F)c(N(Cc5ccc(OC)cc5)Cc5ccc(OC)cc5)c(F)c(C)c4C(F)(F)F)c(Cl)c4nc(S(C)(=O)=O)nc2c34)cc1. The quantitative estimate of drug-likeness (QED) is 0.0594. The third-order valence-electron chi connectivity index (χ3n) is 13.5. The van der Waals surface area contributed by atoms with E-state index in [1.165, 1.54) is 19.1 Å². The number of halogens is 6. The molecule has 1 aliphatic rings. The van der Waals surface area contributed by atoms with Crippen LogP contribution in [0, 0.1) is 18.6 Å². The minimum Gasteiger partial charge on any atom is -0.497 e.